The lowest BCUT2D eigenvalue weighted by atomic mass is 10.1. The van der Waals surface area contributed by atoms with E-state index in [1.807, 2.05) is 0 Å². The van der Waals surface area contributed by atoms with Crippen LogP contribution in [-0.4, -0.2) is 42.3 Å². The van der Waals surface area contributed by atoms with Gasteiger partial charge >= 0.3 is 5.97 Å². The quantitative estimate of drug-likeness (QED) is 0.786. The number of aromatic nitrogens is 2. The second kappa shape index (κ2) is 5.58. The first-order valence-electron chi connectivity index (χ1n) is 5.55. The number of esters is 1. The number of nitrogens with zero attached hydrogens (tertiary/aromatic N) is 2. The smallest absolute Gasteiger partial charge is 0.376 e. The van der Waals surface area contributed by atoms with Crippen LogP contribution in [-0.2, 0) is 9.47 Å². The first-order chi connectivity index (χ1) is 8.29. The maximum absolute atomic E-state index is 11.3. The van der Waals surface area contributed by atoms with Crippen molar-refractivity contribution < 1.29 is 14.3 Å². The van der Waals surface area contributed by atoms with E-state index in [1.54, 1.807) is 6.07 Å². The Labute approximate surface area is 99.4 Å². The predicted octanol–water partition coefficient (Wildman–Crippen LogP) is 0.854. The van der Waals surface area contributed by atoms with Crippen LogP contribution < -0.4 is 5.32 Å². The van der Waals surface area contributed by atoms with Crippen molar-refractivity contribution in [2.24, 2.45) is 0 Å². The van der Waals surface area contributed by atoms with Gasteiger partial charge in [0.1, 0.15) is 5.82 Å². The Morgan fingerprint density at radius 1 is 1.65 bits per heavy atom. The fraction of sp³-hybridized carbons (Fsp3) is 0.545. The molecule has 1 aliphatic rings. The number of nitrogens with one attached hydrogen (secondary N) is 1. The van der Waals surface area contributed by atoms with Gasteiger partial charge in [-0.1, -0.05) is 0 Å². The van der Waals surface area contributed by atoms with Gasteiger partial charge < -0.3 is 14.8 Å². The molecule has 1 aliphatic heterocycles. The highest BCUT2D eigenvalue weighted by Crippen LogP contribution is 2.12. The molecule has 1 aromatic rings. The molecule has 2 heterocycles. The number of hydrogen-bond donors (Lipinski definition) is 1. The lowest BCUT2D eigenvalue weighted by Gasteiger charge is -2.23. The van der Waals surface area contributed by atoms with E-state index in [2.05, 4.69) is 20.0 Å². The van der Waals surface area contributed by atoms with Crippen molar-refractivity contribution in [3.8, 4) is 0 Å². The van der Waals surface area contributed by atoms with Gasteiger partial charge in [0.15, 0.2) is 0 Å². The molecule has 0 bridgehead atoms. The molecule has 0 saturated carbocycles. The van der Waals surface area contributed by atoms with Crippen LogP contribution in [0.5, 0.6) is 0 Å². The zero-order chi connectivity index (χ0) is 12.1. The maximum atomic E-state index is 11.3. The first-order valence-corrected chi connectivity index (χ1v) is 5.55. The van der Waals surface area contributed by atoms with E-state index >= 15 is 0 Å². The van der Waals surface area contributed by atoms with Crippen molar-refractivity contribution in [1.29, 1.82) is 0 Å². The molecule has 6 nitrogen and oxygen atoms in total. The zero-order valence-corrected chi connectivity index (χ0v) is 9.68. The molecule has 1 unspecified atom stereocenters. The van der Waals surface area contributed by atoms with Crippen LogP contribution in [0.2, 0.25) is 0 Å². The van der Waals surface area contributed by atoms with E-state index in [0.717, 1.165) is 19.4 Å². The van der Waals surface area contributed by atoms with Crippen molar-refractivity contribution in [2.75, 3.05) is 25.6 Å². The van der Waals surface area contributed by atoms with E-state index in [1.165, 1.54) is 13.3 Å². The lowest BCUT2D eigenvalue weighted by molar-refractivity contribution is 0.0586. The van der Waals surface area contributed by atoms with Crippen LogP contribution in [0.3, 0.4) is 0 Å². The summed E-state index contributed by atoms with van der Waals surface area (Å²) in [6, 6.07) is 1.96. The molecule has 6 heteroatoms. The fourth-order valence-corrected chi connectivity index (χ4v) is 1.69. The average Bonchev–Trinajstić information content (AvgIpc) is 2.39. The van der Waals surface area contributed by atoms with Crippen molar-refractivity contribution in [3.05, 3.63) is 18.1 Å². The van der Waals surface area contributed by atoms with Crippen LogP contribution in [0.4, 0.5) is 5.82 Å². The molecule has 1 saturated heterocycles. The monoisotopic (exact) mass is 237 g/mol. The summed E-state index contributed by atoms with van der Waals surface area (Å²) in [6.45, 7) is 1.48. The third-order valence-corrected chi connectivity index (χ3v) is 2.54. The van der Waals surface area contributed by atoms with Gasteiger partial charge in [-0.05, 0) is 18.9 Å². The third kappa shape index (κ3) is 3.13. The van der Waals surface area contributed by atoms with Crippen LogP contribution in [0.25, 0.3) is 0 Å². The number of rotatable bonds is 3. The summed E-state index contributed by atoms with van der Waals surface area (Å²) in [7, 11) is 1.31. The Morgan fingerprint density at radius 2 is 2.53 bits per heavy atom. The van der Waals surface area contributed by atoms with Crippen LogP contribution in [0, 0.1) is 0 Å². The summed E-state index contributed by atoms with van der Waals surface area (Å²) < 4.78 is 9.92. The molecule has 0 aromatic carbocycles. The Hall–Kier alpha value is -1.69. The highest BCUT2D eigenvalue weighted by Gasteiger charge is 2.15. The third-order valence-electron chi connectivity index (χ3n) is 2.54. The molecular weight excluding hydrogens is 222 g/mol. The van der Waals surface area contributed by atoms with E-state index in [0.29, 0.717) is 12.4 Å². The molecule has 1 fully saturated rings. The number of ether oxygens (including phenoxy) is 2. The Balaban J connectivity index is 2.02. The summed E-state index contributed by atoms with van der Waals surface area (Å²) in [5, 5.41) is 3.22. The molecule has 17 heavy (non-hydrogen) atoms. The minimum absolute atomic E-state index is 0.0641. The molecule has 2 rings (SSSR count). The molecule has 0 aliphatic carbocycles. The van der Waals surface area contributed by atoms with Crippen LogP contribution in [0.15, 0.2) is 12.3 Å². The minimum Gasteiger partial charge on any atom is -0.463 e. The van der Waals surface area contributed by atoms with E-state index in [9.17, 15) is 4.79 Å². The Morgan fingerprint density at radius 3 is 3.24 bits per heavy atom. The molecule has 1 atom stereocenters. The van der Waals surface area contributed by atoms with Crippen molar-refractivity contribution >= 4 is 11.8 Å². The first kappa shape index (κ1) is 11.8. The van der Waals surface area contributed by atoms with Gasteiger partial charge in [-0.2, -0.15) is 0 Å². The van der Waals surface area contributed by atoms with Crippen LogP contribution in [0.1, 0.15) is 23.5 Å². The van der Waals surface area contributed by atoms with Gasteiger partial charge in [-0.3, -0.25) is 0 Å². The van der Waals surface area contributed by atoms with Gasteiger partial charge in [0.25, 0.3) is 0 Å². The summed E-state index contributed by atoms with van der Waals surface area (Å²) in [5.41, 5.74) is 0. The molecule has 0 radical (unpaired) electrons. The topological polar surface area (TPSA) is 73.3 Å². The molecule has 1 N–H and O–H groups in total. The number of hydrogen-bond acceptors (Lipinski definition) is 6. The van der Waals surface area contributed by atoms with Gasteiger partial charge in [0.2, 0.25) is 5.82 Å². The number of anilines is 1. The van der Waals surface area contributed by atoms with Gasteiger partial charge in [-0.15, -0.1) is 0 Å². The summed E-state index contributed by atoms with van der Waals surface area (Å²) in [4.78, 5) is 19.2. The molecule has 1 aromatic heterocycles. The Kier molecular flexibility index (Phi) is 3.87. The van der Waals surface area contributed by atoms with Gasteiger partial charge in [0.05, 0.1) is 19.8 Å². The average molecular weight is 237 g/mol. The molecule has 0 spiro atoms. The van der Waals surface area contributed by atoms with E-state index in [-0.39, 0.29) is 11.9 Å². The molecular formula is C11H15N3O3. The zero-order valence-electron chi connectivity index (χ0n) is 9.68. The lowest BCUT2D eigenvalue weighted by Crippen LogP contribution is -2.30. The van der Waals surface area contributed by atoms with E-state index in [4.69, 9.17) is 4.74 Å². The van der Waals surface area contributed by atoms with Crippen molar-refractivity contribution in [2.45, 2.75) is 18.9 Å². The van der Waals surface area contributed by atoms with Crippen molar-refractivity contribution in [3.63, 3.8) is 0 Å². The molecule has 92 valence electrons. The highest BCUT2D eigenvalue weighted by atomic mass is 16.5. The highest BCUT2D eigenvalue weighted by molar-refractivity contribution is 5.85. The summed E-state index contributed by atoms with van der Waals surface area (Å²) >= 11 is 0. The van der Waals surface area contributed by atoms with Gasteiger partial charge in [0, 0.05) is 12.8 Å². The molecule has 0 amide bonds. The standard InChI is InChI=1S/C11H15N3O3/c1-16-11(15)10-12-5-4-9(14-10)13-8-3-2-6-17-7-8/h4-5,8H,2-3,6-7H2,1H3,(H,12,13,14). The summed E-state index contributed by atoms with van der Waals surface area (Å²) in [6.07, 6.45) is 3.61. The SMILES string of the molecule is COC(=O)c1nccc(NC2CCCOC2)n1. The number of carbonyl (C=O) groups excluding carboxylic acids is 1. The number of carbonyl (C=O) groups is 1. The van der Waals surface area contributed by atoms with Crippen molar-refractivity contribution in [1.82, 2.24) is 9.97 Å². The summed E-state index contributed by atoms with van der Waals surface area (Å²) in [5.74, 6) is 0.152. The van der Waals surface area contributed by atoms with Gasteiger partial charge in [-0.25, -0.2) is 14.8 Å². The van der Waals surface area contributed by atoms with E-state index < -0.39 is 5.97 Å². The number of methoxy groups -OCH3 is 1. The second-order valence-corrected chi connectivity index (χ2v) is 3.82. The maximum Gasteiger partial charge on any atom is 0.376 e. The second-order valence-electron chi connectivity index (χ2n) is 3.82. The normalized spacial score (nSPS) is 19.7. The Bertz CT molecular complexity index is 391. The largest absolute Gasteiger partial charge is 0.463 e. The fourth-order valence-electron chi connectivity index (χ4n) is 1.69. The predicted molar refractivity (Wildman–Crippen MR) is 60.8 cm³/mol. The van der Waals surface area contributed by atoms with Crippen LogP contribution >= 0.6 is 0 Å². The minimum atomic E-state index is -0.534.